The van der Waals surface area contributed by atoms with Crippen molar-refractivity contribution in [3.05, 3.63) is 59.7 Å². The van der Waals surface area contributed by atoms with Crippen LogP contribution in [0.4, 0.5) is 0 Å². The molecule has 2 aromatic carbocycles. The van der Waals surface area contributed by atoms with E-state index in [0.29, 0.717) is 29.5 Å². The van der Waals surface area contributed by atoms with Crippen LogP contribution >= 0.6 is 11.8 Å². The Morgan fingerprint density at radius 1 is 1.12 bits per heavy atom. The molecule has 34 heavy (non-hydrogen) atoms. The van der Waals surface area contributed by atoms with Crippen molar-refractivity contribution in [3.63, 3.8) is 0 Å². The highest BCUT2D eigenvalue weighted by Gasteiger charge is 2.36. The molecular weight excluding hydrogens is 444 g/mol. The number of hydrogen-bond acceptors (Lipinski definition) is 5. The summed E-state index contributed by atoms with van der Waals surface area (Å²) in [7, 11) is 0. The SMILES string of the molecule is Cc1c(O)cccc1C(=O)NC(CSc1ccccc1)C(O)CN1CC2CCCCC2C[C@H]1C. The molecule has 0 radical (unpaired) electrons. The van der Waals surface area contributed by atoms with Gasteiger partial charge in [0.2, 0.25) is 0 Å². The summed E-state index contributed by atoms with van der Waals surface area (Å²) < 4.78 is 0. The van der Waals surface area contributed by atoms with Crippen LogP contribution in [0.2, 0.25) is 0 Å². The van der Waals surface area contributed by atoms with Crippen molar-refractivity contribution in [3.8, 4) is 5.75 Å². The zero-order valence-electron chi connectivity index (χ0n) is 20.3. The Morgan fingerprint density at radius 2 is 1.85 bits per heavy atom. The number of piperidine rings is 1. The van der Waals surface area contributed by atoms with E-state index in [1.807, 2.05) is 30.3 Å². The highest BCUT2D eigenvalue weighted by atomic mass is 32.2. The van der Waals surface area contributed by atoms with Crippen LogP contribution in [0.25, 0.3) is 0 Å². The number of nitrogens with one attached hydrogen (secondary N) is 1. The Morgan fingerprint density at radius 3 is 2.62 bits per heavy atom. The van der Waals surface area contributed by atoms with Gasteiger partial charge in [-0.2, -0.15) is 0 Å². The van der Waals surface area contributed by atoms with Crippen molar-refractivity contribution in [2.45, 2.75) is 69.0 Å². The van der Waals surface area contributed by atoms with E-state index in [-0.39, 0.29) is 11.7 Å². The molecule has 2 fully saturated rings. The van der Waals surface area contributed by atoms with E-state index in [0.717, 1.165) is 23.3 Å². The largest absolute Gasteiger partial charge is 0.508 e. The molecule has 2 aliphatic rings. The van der Waals surface area contributed by atoms with Gasteiger partial charge in [-0.15, -0.1) is 11.8 Å². The summed E-state index contributed by atoms with van der Waals surface area (Å²) in [5.74, 6) is 1.98. The summed E-state index contributed by atoms with van der Waals surface area (Å²) in [5, 5.41) is 24.5. The third kappa shape index (κ3) is 6.15. The molecule has 1 saturated heterocycles. The maximum absolute atomic E-state index is 13.1. The summed E-state index contributed by atoms with van der Waals surface area (Å²) in [4.78, 5) is 16.7. The molecule has 0 spiro atoms. The third-order valence-corrected chi connectivity index (χ3v) is 8.86. The number of β-amino-alcohol motifs (C(OH)–C–C–N with tert-alkyl or cyclic N) is 1. The number of thioether (sulfide) groups is 1. The number of likely N-dealkylation sites (tertiary alicyclic amines) is 1. The number of hydrogen-bond donors (Lipinski definition) is 3. The zero-order chi connectivity index (χ0) is 24.1. The fraction of sp³-hybridized carbons (Fsp3) is 0.536. The Hall–Kier alpha value is -2.02. The van der Waals surface area contributed by atoms with Crippen LogP contribution in [0.3, 0.4) is 0 Å². The van der Waals surface area contributed by atoms with Crippen molar-refractivity contribution in [2.75, 3.05) is 18.8 Å². The number of aromatic hydroxyl groups is 1. The minimum atomic E-state index is -0.680. The number of fused-ring (bicyclic) bond motifs is 1. The summed E-state index contributed by atoms with van der Waals surface area (Å²) in [6.45, 7) is 5.62. The van der Waals surface area contributed by atoms with Gasteiger partial charge in [0.25, 0.3) is 5.91 Å². The summed E-state index contributed by atoms with van der Waals surface area (Å²) >= 11 is 1.64. The number of nitrogens with zero attached hydrogens (tertiary/aromatic N) is 1. The van der Waals surface area contributed by atoms with Gasteiger partial charge >= 0.3 is 0 Å². The predicted octanol–water partition coefficient (Wildman–Crippen LogP) is 4.85. The van der Waals surface area contributed by atoms with Gasteiger partial charge in [-0.1, -0.05) is 43.5 Å². The molecule has 1 amide bonds. The summed E-state index contributed by atoms with van der Waals surface area (Å²) in [5.41, 5.74) is 0.996. The van der Waals surface area contributed by atoms with Gasteiger partial charge < -0.3 is 15.5 Å². The van der Waals surface area contributed by atoms with Crippen molar-refractivity contribution >= 4 is 17.7 Å². The highest BCUT2D eigenvalue weighted by Crippen LogP contribution is 2.38. The standard InChI is InChI=1S/C28H38N2O3S/c1-19-15-21-9-6-7-10-22(21)16-30(19)17-27(32)25(18-34-23-11-4-3-5-12-23)29-28(33)24-13-8-14-26(31)20(24)2/h3-5,8,11-14,19,21-22,25,27,31-32H,6-7,9-10,15-18H2,1-2H3,(H,29,33)/t19-,21?,22?,25?,27?/m1/s1. The highest BCUT2D eigenvalue weighted by molar-refractivity contribution is 7.99. The first-order valence-electron chi connectivity index (χ1n) is 12.6. The maximum atomic E-state index is 13.1. The topological polar surface area (TPSA) is 72.8 Å². The van der Waals surface area contributed by atoms with Crippen molar-refractivity contribution in [1.29, 1.82) is 0 Å². The van der Waals surface area contributed by atoms with Crippen LogP contribution in [-0.4, -0.2) is 58.1 Å². The number of phenolic OH excluding ortho intramolecular Hbond substituents is 1. The molecule has 5 nitrogen and oxygen atoms in total. The van der Waals surface area contributed by atoms with Crippen molar-refractivity contribution in [1.82, 2.24) is 10.2 Å². The number of rotatable bonds is 8. The minimum Gasteiger partial charge on any atom is -0.508 e. The fourth-order valence-electron chi connectivity index (χ4n) is 5.59. The molecule has 4 unspecified atom stereocenters. The van der Waals surface area contributed by atoms with E-state index >= 15 is 0 Å². The number of phenols is 1. The molecule has 5 atom stereocenters. The number of aliphatic hydroxyl groups excluding tert-OH is 1. The van der Waals surface area contributed by atoms with E-state index in [1.165, 1.54) is 32.1 Å². The molecule has 4 rings (SSSR count). The van der Waals surface area contributed by atoms with E-state index < -0.39 is 12.1 Å². The zero-order valence-corrected chi connectivity index (χ0v) is 21.1. The lowest BCUT2D eigenvalue weighted by molar-refractivity contribution is 0.00588. The van der Waals surface area contributed by atoms with Gasteiger partial charge in [0.1, 0.15) is 5.75 Å². The van der Waals surface area contributed by atoms with E-state index in [4.69, 9.17) is 0 Å². The molecule has 3 N–H and O–H groups in total. The first kappa shape index (κ1) is 25.1. The number of benzene rings is 2. The lowest BCUT2D eigenvalue weighted by Gasteiger charge is -2.46. The van der Waals surface area contributed by atoms with Crippen LogP contribution in [0.15, 0.2) is 53.4 Å². The molecule has 1 aliphatic heterocycles. The second-order valence-corrected chi connectivity index (χ2v) is 11.2. The Kier molecular flexibility index (Phi) is 8.56. The molecule has 6 heteroatoms. The van der Waals surface area contributed by atoms with E-state index in [2.05, 4.69) is 17.1 Å². The average Bonchev–Trinajstić information content (AvgIpc) is 2.84. The van der Waals surface area contributed by atoms with Crippen LogP contribution in [0.5, 0.6) is 5.75 Å². The molecule has 2 aromatic rings. The van der Waals surface area contributed by atoms with Crippen LogP contribution in [0, 0.1) is 18.8 Å². The number of aliphatic hydroxyl groups is 1. The molecule has 1 heterocycles. The normalized spacial score (nSPS) is 24.7. The predicted molar refractivity (Wildman–Crippen MR) is 138 cm³/mol. The van der Waals surface area contributed by atoms with E-state index in [1.54, 1.807) is 36.9 Å². The smallest absolute Gasteiger partial charge is 0.252 e. The average molecular weight is 483 g/mol. The Bertz CT molecular complexity index is 954. The molecular formula is C28H38N2O3S. The monoisotopic (exact) mass is 482 g/mol. The third-order valence-electron chi connectivity index (χ3n) is 7.73. The Labute approximate surface area is 207 Å². The molecule has 1 saturated carbocycles. The van der Waals surface area contributed by atoms with Gasteiger partial charge in [0.15, 0.2) is 0 Å². The number of carbonyl (C=O) groups excluding carboxylic acids is 1. The van der Waals surface area contributed by atoms with E-state index in [9.17, 15) is 15.0 Å². The van der Waals surface area contributed by atoms with Gasteiger partial charge in [-0.3, -0.25) is 9.69 Å². The van der Waals surface area contributed by atoms with Crippen molar-refractivity contribution in [2.24, 2.45) is 11.8 Å². The number of amides is 1. The maximum Gasteiger partial charge on any atom is 0.252 e. The quantitative estimate of drug-likeness (QED) is 0.469. The van der Waals surface area contributed by atoms with Gasteiger partial charge in [-0.05, 0) is 62.8 Å². The molecule has 0 bridgehead atoms. The first-order chi connectivity index (χ1) is 16.4. The van der Waals surface area contributed by atoms with Crippen LogP contribution in [-0.2, 0) is 0 Å². The van der Waals surface area contributed by atoms with Crippen molar-refractivity contribution < 1.29 is 15.0 Å². The molecule has 0 aromatic heterocycles. The first-order valence-corrected chi connectivity index (χ1v) is 13.6. The fourth-order valence-corrected chi connectivity index (χ4v) is 6.62. The number of carbonyl (C=O) groups is 1. The van der Waals surface area contributed by atoms with Gasteiger partial charge in [0.05, 0.1) is 12.1 Å². The van der Waals surface area contributed by atoms with Gasteiger partial charge in [-0.25, -0.2) is 0 Å². The Balaban J connectivity index is 1.46. The summed E-state index contributed by atoms with van der Waals surface area (Å²) in [6.07, 6.45) is 5.85. The summed E-state index contributed by atoms with van der Waals surface area (Å²) in [6, 6.07) is 15.1. The molecule has 184 valence electrons. The minimum absolute atomic E-state index is 0.104. The second-order valence-electron chi connectivity index (χ2n) is 10.1. The lowest BCUT2D eigenvalue weighted by atomic mass is 9.73. The molecule has 1 aliphatic carbocycles. The second kappa shape index (κ2) is 11.6. The van der Waals surface area contributed by atoms with Crippen LogP contribution in [0.1, 0.15) is 54.9 Å². The lowest BCUT2D eigenvalue weighted by Crippen LogP contribution is -2.54. The van der Waals surface area contributed by atoms with Gasteiger partial charge in [0, 0.05) is 40.9 Å². The van der Waals surface area contributed by atoms with Crippen LogP contribution < -0.4 is 5.32 Å².